The number of hydrogen-bond acceptors (Lipinski definition) is 4. The number of anilines is 2. The van der Waals surface area contributed by atoms with Gasteiger partial charge in [-0.25, -0.2) is 0 Å². The van der Waals surface area contributed by atoms with Crippen molar-refractivity contribution in [2.24, 2.45) is 0 Å². The van der Waals surface area contributed by atoms with Crippen molar-refractivity contribution in [2.45, 2.75) is 26.7 Å². The van der Waals surface area contributed by atoms with E-state index in [-0.39, 0.29) is 17.4 Å². The van der Waals surface area contributed by atoms with E-state index in [2.05, 4.69) is 30.1 Å². The van der Waals surface area contributed by atoms with Crippen molar-refractivity contribution in [1.82, 2.24) is 4.90 Å². The zero-order chi connectivity index (χ0) is 21.7. The molecule has 0 saturated carbocycles. The van der Waals surface area contributed by atoms with Crippen LogP contribution in [-0.4, -0.2) is 37.0 Å². The number of aryl methyl sites for hydroxylation is 1. The average Bonchev–Trinajstić information content (AvgIpc) is 2.73. The summed E-state index contributed by atoms with van der Waals surface area (Å²) in [5.74, 6) is -0.0970. The summed E-state index contributed by atoms with van der Waals surface area (Å²) in [5, 5.41) is 13.3. The third-order valence-corrected chi connectivity index (χ3v) is 5.57. The molecule has 1 heterocycles. The fourth-order valence-corrected chi connectivity index (χ4v) is 3.81. The number of amides is 1. The molecule has 1 saturated heterocycles. The minimum Gasteiger partial charge on any atom is -0.373 e. The molecule has 0 bridgehead atoms. The van der Waals surface area contributed by atoms with Gasteiger partial charge in [-0.15, -0.1) is 0 Å². The number of nitriles is 1. The van der Waals surface area contributed by atoms with Gasteiger partial charge in [0.05, 0.1) is 0 Å². The lowest BCUT2D eigenvalue weighted by Gasteiger charge is -2.35. The lowest BCUT2D eigenvalue weighted by atomic mass is 9.98. The van der Waals surface area contributed by atoms with Crippen LogP contribution in [0.3, 0.4) is 0 Å². The molecule has 0 aliphatic carbocycles. The first-order chi connectivity index (χ1) is 14.4. The Morgan fingerprint density at radius 2 is 1.87 bits per heavy atom. The van der Waals surface area contributed by atoms with Crippen LogP contribution in [0.15, 0.2) is 54.2 Å². The lowest BCUT2D eigenvalue weighted by molar-refractivity contribution is -0.112. The molecule has 1 fully saturated rings. The highest BCUT2D eigenvalue weighted by Crippen LogP contribution is 2.28. The Kier molecular flexibility index (Phi) is 7.02. The summed E-state index contributed by atoms with van der Waals surface area (Å²) in [6.45, 7) is 9.19. The highest BCUT2D eigenvalue weighted by molar-refractivity contribution is 6.30. The Morgan fingerprint density at radius 3 is 2.50 bits per heavy atom. The van der Waals surface area contributed by atoms with Gasteiger partial charge in [-0.05, 0) is 42.2 Å². The second-order valence-electron chi connectivity index (χ2n) is 7.81. The Morgan fingerprint density at radius 1 is 1.17 bits per heavy atom. The molecule has 0 radical (unpaired) electrons. The van der Waals surface area contributed by atoms with Gasteiger partial charge in [0.1, 0.15) is 11.6 Å². The second-order valence-corrected chi connectivity index (χ2v) is 8.24. The van der Waals surface area contributed by atoms with E-state index in [1.165, 1.54) is 0 Å². The molecule has 2 aromatic rings. The number of hydrogen-bond donors (Lipinski definition) is 1. The number of benzene rings is 2. The highest BCUT2D eigenvalue weighted by Gasteiger charge is 2.19. The van der Waals surface area contributed by atoms with Crippen molar-refractivity contribution >= 4 is 28.9 Å². The number of carbonyl (C=O) groups excluding carboxylic acids is 1. The highest BCUT2D eigenvalue weighted by atomic mass is 35.5. The minimum absolute atomic E-state index is 0.115. The van der Waals surface area contributed by atoms with Gasteiger partial charge in [-0.1, -0.05) is 49.7 Å². The van der Waals surface area contributed by atoms with Crippen LogP contribution in [0.1, 0.15) is 30.9 Å². The second kappa shape index (κ2) is 9.69. The summed E-state index contributed by atoms with van der Waals surface area (Å²) in [6, 6.07) is 15.8. The largest absolute Gasteiger partial charge is 0.373 e. The summed E-state index contributed by atoms with van der Waals surface area (Å²) in [4.78, 5) is 17.1. The molecule has 1 aliphatic rings. The maximum absolute atomic E-state index is 12.8. The number of carbonyl (C=O) groups is 1. The predicted octanol–water partition coefficient (Wildman–Crippen LogP) is 4.94. The van der Waals surface area contributed by atoms with Gasteiger partial charge in [0.2, 0.25) is 0 Å². The summed E-state index contributed by atoms with van der Waals surface area (Å²) in [7, 11) is 0. The Bertz CT molecular complexity index is 985. The first kappa shape index (κ1) is 21.7. The molecule has 3 rings (SSSR count). The number of halogens is 1. The van der Waals surface area contributed by atoms with E-state index in [0.29, 0.717) is 0 Å². The summed E-state index contributed by atoms with van der Waals surface area (Å²) < 4.78 is 0. The molecule has 1 N–H and O–H groups in total. The number of piperazine rings is 1. The quantitative estimate of drug-likeness (QED) is 0.547. The van der Waals surface area contributed by atoms with Crippen LogP contribution in [0, 0.1) is 18.3 Å². The molecule has 156 valence electrons. The lowest BCUT2D eigenvalue weighted by Crippen LogP contribution is -2.44. The number of nitrogens with one attached hydrogen (secondary N) is 1. The van der Waals surface area contributed by atoms with Crippen molar-refractivity contribution in [2.75, 3.05) is 36.4 Å². The van der Waals surface area contributed by atoms with E-state index in [0.717, 1.165) is 53.7 Å². The van der Waals surface area contributed by atoms with Crippen LogP contribution < -0.4 is 10.2 Å². The summed E-state index contributed by atoms with van der Waals surface area (Å²) in [5.41, 5.74) is 4.05. The van der Waals surface area contributed by atoms with Crippen molar-refractivity contribution in [3.63, 3.8) is 0 Å². The third kappa shape index (κ3) is 5.14. The van der Waals surface area contributed by atoms with Crippen molar-refractivity contribution in [3.8, 4) is 6.07 Å². The van der Waals surface area contributed by atoms with Gasteiger partial charge < -0.3 is 15.1 Å². The Balaban J connectivity index is 1.68. The van der Waals surface area contributed by atoms with Gasteiger partial charge in [0.15, 0.2) is 0 Å². The predicted molar refractivity (Wildman–Crippen MR) is 123 cm³/mol. The van der Waals surface area contributed by atoms with Crippen molar-refractivity contribution in [3.05, 3.63) is 70.4 Å². The van der Waals surface area contributed by atoms with Gasteiger partial charge in [-0.3, -0.25) is 4.79 Å². The third-order valence-electron chi connectivity index (χ3n) is 5.33. The molecule has 0 atom stereocenters. The maximum atomic E-state index is 12.8. The van der Waals surface area contributed by atoms with Crippen LogP contribution in [0.4, 0.5) is 11.4 Å². The van der Waals surface area contributed by atoms with E-state index in [9.17, 15) is 10.1 Å². The number of rotatable bonds is 5. The zero-order valence-electron chi connectivity index (χ0n) is 17.7. The first-order valence-electron chi connectivity index (χ1n) is 10.2. The zero-order valence-corrected chi connectivity index (χ0v) is 18.4. The van der Waals surface area contributed by atoms with E-state index in [1.807, 2.05) is 54.3 Å². The van der Waals surface area contributed by atoms with Crippen molar-refractivity contribution in [1.29, 1.82) is 5.26 Å². The van der Waals surface area contributed by atoms with Gasteiger partial charge in [0.25, 0.3) is 5.91 Å². The fraction of sp³-hybridized carbons (Fsp3) is 0.333. The van der Waals surface area contributed by atoms with E-state index >= 15 is 0 Å². The molecule has 1 aliphatic heterocycles. The molecule has 1 amide bonds. The monoisotopic (exact) mass is 422 g/mol. The topological polar surface area (TPSA) is 59.4 Å². The average molecular weight is 423 g/mol. The molecule has 2 aromatic carbocycles. The fourth-order valence-electron chi connectivity index (χ4n) is 3.63. The van der Waals surface area contributed by atoms with Crippen LogP contribution in [0.5, 0.6) is 0 Å². The standard InChI is InChI=1S/C24H27ClN4O/c1-17(2)22-9-4-6-18(3)23(22)27-24(30)19(15-26)16-28-10-12-29(13-11-28)21-8-5-7-20(25)14-21/h4-9,14,16-17H,10-13H2,1-3H3,(H,27,30)/b19-16-. The number of para-hydroxylation sites is 1. The number of nitrogens with zero attached hydrogens (tertiary/aromatic N) is 3. The van der Waals surface area contributed by atoms with E-state index < -0.39 is 0 Å². The van der Waals surface area contributed by atoms with Crippen molar-refractivity contribution < 1.29 is 4.79 Å². The molecule has 6 heteroatoms. The normalized spacial score (nSPS) is 14.6. The summed E-state index contributed by atoms with van der Waals surface area (Å²) in [6.07, 6.45) is 1.68. The first-order valence-corrected chi connectivity index (χ1v) is 10.5. The van der Waals surface area contributed by atoms with Gasteiger partial charge >= 0.3 is 0 Å². The SMILES string of the molecule is Cc1cccc(C(C)C)c1NC(=O)/C(C#N)=C\N1CCN(c2cccc(Cl)c2)CC1. The van der Waals surface area contributed by atoms with E-state index in [4.69, 9.17) is 11.6 Å². The molecule has 0 spiro atoms. The van der Waals surface area contributed by atoms with Crippen LogP contribution in [-0.2, 0) is 4.79 Å². The minimum atomic E-state index is -0.369. The molecular weight excluding hydrogens is 396 g/mol. The molecule has 0 aromatic heterocycles. The Hall–Kier alpha value is -2.97. The molecule has 0 unspecified atom stereocenters. The Labute approximate surface area is 183 Å². The van der Waals surface area contributed by atoms with E-state index in [1.54, 1.807) is 6.20 Å². The maximum Gasteiger partial charge on any atom is 0.267 e. The molecule has 30 heavy (non-hydrogen) atoms. The molecular formula is C24H27ClN4O. The van der Waals surface area contributed by atoms with Crippen LogP contribution >= 0.6 is 11.6 Å². The van der Waals surface area contributed by atoms with Crippen LogP contribution in [0.25, 0.3) is 0 Å². The van der Waals surface area contributed by atoms with Crippen LogP contribution in [0.2, 0.25) is 5.02 Å². The smallest absolute Gasteiger partial charge is 0.267 e. The molecule has 5 nitrogen and oxygen atoms in total. The van der Waals surface area contributed by atoms with Gasteiger partial charge in [-0.2, -0.15) is 5.26 Å². The summed E-state index contributed by atoms with van der Waals surface area (Å²) >= 11 is 6.10. The van der Waals surface area contributed by atoms with Gasteiger partial charge in [0, 0.05) is 48.8 Å².